The van der Waals surface area contributed by atoms with E-state index in [0.717, 1.165) is 0 Å². The van der Waals surface area contributed by atoms with Gasteiger partial charge >= 0.3 is 0 Å². The van der Waals surface area contributed by atoms with Gasteiger partial charge in [-0.3, -0.25) is 0 Å². The van der Waals surface area contributed by atoms with E-state index >= 15 is 0 Å². The zero-order valence-electron chi connectivity index (χ0n) is 8.62. The van der Waals surface area contributed by atoms with Crippen LogP contribution in [0.1, 0.15) is 18.4 Å². The zero-order chi connectivity index (χ0) is 9.80. The van der Waals surface area contributed by atoms with Crippen LogP contribution in [0, 0.1) is 6.92 Å². The highest BCUT2D eigenvalue weighted by atomic mass is 32.2. The third-order valence-corrected chi connectivity index (χ3v) is 3.80. The van der Waals surface area contributed by atoms with Gasteiger partial charge in [0.2, 0.25) is 0 Å². The Hall–Kier alpha value is -0.630. The normalized spacial score (nSPS) is 21.9. The Morgan fingerprint density at radius 1 is 1.29 bits per heavy atom. The highest BCUT2D eigenvalue weighted by Gasteiger charge is 2.12. The number of hydrogen-bond donors (Lipinski definition) is 1. The second-order valence-electron chi connectivity index (χ2n) is 3.92. The molecule has 1 nitrogen and oxygen atoms in total. The molecule has 0 radical (unpaired) electrons. The maximum absolute atomic E-state index is 3.59. The molecular weight excluding hydrogens is 190 g/mol. The lowest BCUT2D eigenvalue weighted by molar-refractivity contribution is 0.685. The van der Waals surface area contributed by atoms with Gasteiger partial charge in [-0.2, -0.15) is 11.8 Å². The molecule has 0 saturated carbocycles. The minimum atomic E-state index is 0.677. The number of rotatable bonds is 2. The van der Waals surface area contributed by atoms with Crippen molar-refractivity contribution in [3.05, 3.63) is 29.8 Å². The summed E-state index contributed by atoms with van der Waals surface area (Å²) in [5.41, 5.74) is 2.59. The first kappa shape index (κ1) is 9.91. The minimum Gasteiger partial charge on any atom is -0.381 e. The van der Waals surface area contributed by atoms with Crippen LogP contribution >= 0.6 is 11.8 Å². The second kappa shape index (κ2) is 4.74. The van der Waals surface area contributed by atoms with E-state index in [1.165, 1.54) is 35.6 Å². The van der Waals surface area contributed by atoms with Crippen LogP contribution in [-0.4, -0.2) is 17.5 Å². The first-order valence-electron chi connectivity index (χ1n) is 5.25. The fourth-order valence-corrected chi connectivity index (χ4v) is 2.81. The average molecular weight is 207 g/mol. The molecule has 0 bridgehead atoms. The van der Waals surface area contributed by atoms with Crippen LogP contribution in [0.15, 0.2) is 24.3 Å². The molecule has 1 N–H and O–H groups in total. The van der Waals surface area contributed by atoms with E-state index in [1.54, 1.807) is 0 Å². The Kier molecular flexibility index (Phi) is 3.35. The van der Waals surface area contributed by atoms with Crippen LogP contribution in [0.4, 0.5) is 5.69 Å². The van der Waals surface area contributed by atoms with Gasteiger partial charge in [0.1, 0.15) is 0 Å². The Morgan fingerprint density at radius 2 is 2.07 bits per heavy atom. The van der Waals surface area contributed by atoms with Crippen molar-refractivity contribution in [1.82, 2.24) is 0 Å². The molecule has 76 valence electrons. The van der Waals surface area contributed by atoms with Crippen molar-refractivity contribution in [3.63, 3.8) is 0 Å². The van der Waals surface area contributed by atoms with Crippen LogP contribution < -0.4 is 5.32 Å². The van der Waals surface area contributed by atoms with Crippen LogP contribution in [0.5, 0.6) is 0 Å². The molecule has 1 fully saturated rings. The second-order valence-corrected chi connectivity index (χ2v) is 5.07. The first-order valence-corrected chi connectivity index (χ1v) is 6.41. The summed E-state index contributed by atoms with van der Waals surface area (Å²) in [5.74, 6) is 2.60. The summed E-state index contributed by atoms with van der Waals surface area (Å²) in [6, 6.07) is 9.36. The van der Waals surface area contributed by atoms with Gasteiger partial charge in [-0.05, 0) is 37.7 Å². The summed E-state index contributed by atoms with van der Waals surface area (Å²) in [7, 11) is 0. The molecule has 0 unspecified atom stereocenters. The van der Waals surface area contributed by atoms with E-state index < -0.39 is 0 Å². The molecule has 1 atom stereocenters. The van der Waals surface area contributed by atoms with Crippen molar-refractivity contribution in [3.8, 4) is 0 Å². The lowest BCUT2D eigenvalue weighted by atomic mass is 10.1. The monoisotopic (exact) mass is 207 g/mol. The van der Waals surface area contributed by atoms with E-state index in [9.17, 15) is 0 Å². The van der Waals surface area contributed by atoms with E-state index in [1.807, 2.05) is 0 Å². The molecule has 1 aromatic carbocycles. The fourth-order valence-electron chi connectivity index (χ4n) is 1.74. The Morgan fingerprint density at radius 3 is 2.71 bits per heavy atom. The average Bonchev–Trinajstić information content (AvgIpc) is 2.23. The molecule has 0 amide bonds. The molecule has 0 spiro atoms. The molecule has 1 aliphatic rings. The van der Waals surface area contributed by atoms with E-state index in [2.05, 4.69) is 48.3 Å². The van der Waals surface area contributed by atoms with Gasteiger partial charge in [0.15, 0.2) is 0 Å². The fraction of sp³-hybridized carbons (Fsp3) is 0.500. The van der Waals surface area contributed by atoms with Crippen molar-refractivity contribution in [2.24, 2.45) is 0 Å². The maximum Gasteiger partial charge on any atom is 0.0352 e. The summed E-state index contributed by atoms with van der Waals surface area (Å²) >= 11 is 2.06. The number of aryl methyl sites for hydroxylation is 1. The van der Waals surface area contributed by atoms with E-state index in [4.69, 9.17) is 0 Å². The van der Waals surface area contributed by atoms with Crippen LogP contribution in [0.2, 0.25) is 0 Å². The molecule has 1 aromatic rings. The molecular formula is C12H17NS. The van der Waals surface area contributed by atoms with Gasteiger partial charge in [-0.25, -0.2) is 0 Å². The number of anilines is 1. The summed E-state index contributed by atoms with van der Waals surface area (Å²) in [6.07, 6.45) is 2.68. The van der Waals surface area contributed by atoms with Gasteiger partial charge in [0.05, 0.1) is 0 Å². The Balaban J connectivity index is 1.92. The molecule has 1 aliphatic heterocycles. The van der Waals surface area contributed by atoms with Crippen molar-refractivity contribution in [2.75, 3.05) is 16.8 Å². The number of benzene rings is 1. The molecule has 1 saturated heterocycles. The van der Waals surface area contributed by atoms with Crippen molar-refractivity contribution in [2.45, 2.75) is 25.8 Å². The summed E-state index contributed by atoms with van der Waals surface area (Å²) in [5, 5.41) is 3.59. The quantitative estimate of drug-likeness (QED) is 0.798. The van der Waals surface area contributed by atoms with Gasteiger partial charge in [-0.1, -0.05) is 17.7 Å². The first-order chi connectivity index (χ1) is 6.84. The van der Waals surface area contributed by atoms with Gasteiger partial charge in [0, 0.05) is 17.5 Å². The van der Waals surface area contributed by atoms with Gasteiger partial charge < -0.3 is 5.32 Å². The molecule has 0 aliphatic carbocycles. The predicted octanol–water partition coefficient (Wildman–Crippen LogP) is 3.30. The molecule has 1 heterocycles. The number of nitrogens with one attached hydrogen (secondary N) is 1. The lowest BCUT2D eigenvalue weighted by Crippen LogP contribution is -2.25. The highest BCUT2D eigenvalue weighted by molar-refractivity contribution is 7.99. The van der Waals surface area contributed by atoms with Crippen LogP contribution in [0.25, 0.3) is 0 Å². The molecule has 2 rings (SSSR count). The van der Waals surface area contributed by atoms with E-state index in [-0.39, 0.29) is 0 Å². The molecule has 0 aromatic heterocycles. The van der Waals surface area contributed by atoms with E-state index in [0.29, 0.717) is 6.04 Å². The van der Waals surface area contributed by atoms with Gasteiger partial charge in [-0.15, -0.1) is 0 Å². The van der Waals surface area contributed by atoms with Crippen molar-refractivity contribution in [1.29, 1.82) is 0 Å². The number of hydrogen-bond acceptors (Lipinski definition) is 2. The van der Waals surface area contributed by atoms with Crippen LogP contribution in [0.3, 0.4) is 0 Å². The maximum atomic E-state index is 3.59. The largest absolute Gasteiger partial charge is 0.381 e. The zero-order valence-corrected chi connectivity index (χ0v) is 9.44. The predicted molar refractivity (Wildman–Crippen MR) is 65.1 cm³/mol. The Labute approximate surface area is 90.3 Å². The third kappa shape index (κ3) is 2.68. The highest BCUT2D eigenvalue weighted by Crippen LogP contribution is 2.20. The molecule has 14 heavy (non-hydrogen) atoms. The van der Waals surface area contributed by atoms with Crippen molar-refractivity contribution < 1.29 is 0 Å². The summed E-state index contributed by atoms with van der Waals surface area (Å²) < 4.78 is 0. The van der Waals surface area contributed by atoms with Crippen LogP contribution in [-0.2, 0) is 0 Å². The summed E-state index contributed by atoms with van der Waals surface area (Å²) in [6.45, 7) is 2.13. The topological polar surface area (TPSA) is 12.0 Å². The van der Waals surface area contributed by atoms with Crippen molar-refractivity contribution >= 4 is 17.4 Å². The SMILES string of the molecule is Cc1ccc(N[C@H]2CCCSC2)cc1. The molecule has 2 heteroatoms. The van der Waals surface area contributed by atoms with Gasteiger partial charge in [0.25, 0.3) is 0 Å². The smallest absolute Gasteiger partial charge is 0.0352 e. The lowest BCUT2D eigenvalue weighted by Gasteiger charge is -2.23. The summed E-state index contributed by atoms with van der Waals surface area (Å²) in [4.78, 5) is 0. The Bertz CT molecular complexity index is 275. The standard InChI is InChI=1S/C12H17NS/c1-10-4-6-11(7-5-10)13-12-3-2-8-14-9-12/h4-7,12-13H,2-3,8-9H2,1H3/t12-/m0/s1. The minimum absolute atomic E-state index is 0.677. The number of thioether (sulfide) groups is 1. The third-order valence-electron chi connectivity index (χ3n) is 2.58.